The molecule has 29 heavy (non-hydrogen) atoms. The molecule has 0 unspecified atom stereocenters. The van der Waals surface area contributed by atoms with Crippen molar-refractivity contribution in [2.75, 3.05) is 19.1 Å². The molecule has 0 aliphatic rings. The average molecular weight is 459 g/mol. The normalized spacial score (nSPS) is 12.3. The van der Waals surface area contributed by atoms with Crippen molar-refractivity contribution in [2.45, 2.75) is 22.8 Å². The maximum absolute atomic E-state index is 12.8. The molecule has 0 saturated heterocycles. The lowest BCUT2D eigenvalue weighted by Crippen LogP contribution is -2.25. The van der Waals surface area contributed by atoms with E-state index in [1.165, 1.54) is 37.3 Å². The molecule has 0 aromatic heterocycles. The summed E-state index contributed by atoms with van der Waals surface area (Å²) in [4.78, 5) is 11.1. The van der Waals surface area contributed by atoms with Crippen LogP contribution < -0.4 is 9.47 Å². The number of benzene rings is 2. The summed E-state index contributed by atoms with van der Waals surface area (Å²) < 4.78 is 41.5. The minimum Gasteiger partial charge on any atom is -0.493 e. The number of hydrogen-bond donors (Lipinski definition) is 0. The molecule has 2 aromatic carbocycles. The van der Waals surface area contributed by atoms with Gasteiger partial charge in [-0.25, -0.2) is 8.42 Å². The minimum absolute atomic E-state index is 0.0128. The molecular formula is C20H20Cl2O6S. The van der Waals surface area contributed by atoms with E-state index in [4.69, 9.17) is 37.4 Å². The summed E-state index contributed by atoms with van der Waals surface area (Å²) in [5, 5.41) is 0.105. The highest BCUT2D eigenvalue weighted by Crippen LogP contribution is 2.31. The number of alkyl halides is 1. The van der Waals surface area contributed by atoms with Crippen molar-refractivity contribution in [3.63, 3.8) is 0 Å². The highest BCUT2D eigenvalue weighted by Gasteiger charge is 2.20. The Morgan fingerprint density at radius 3 is 2.34 bits per heavy atom. The van der Waals surface area contributed by atoms with Crippen LogP contribution in [0.3, 0.4) is 0 Å². The second-order valence-electron chi connectivity index (χ2n) is 5.86. The van der Waals surface area contributed by atoms with E-state index in [1.807, 2.05) is 0 Å². The van der Waals surface area contributed by atoms with Crippen LogP contribution in [-0.2, 0) is 19.4 Å². The van der Waals surface area contributed by atoms with Crippen LogP contribution in [0.1, 0.15) is 6.92 Å². The van der Waals surface area contributed by atoms with Gasteiger partial charge >= 0.3 is 5.97 Å². The lowest BCUT2D eigenvalue weighted by atomic mass is 10.3. The number of hydrogen-bond acceptors (Lipinski definition) is 6. The Balaban J connectivity index is 2.14. The molecule has 2 aromatic rings. The molecule has 2 rings (SSSR count). The van der Waals surface area contributed by atoms with E-state index < -0.39 is 21.9 Å². The zero-order valence-corrected chi connectivity index (χ0v) is 18.0. The van der Waals surface area contributed by atoms with Gasteiger partial charge in [0.2, 0.25) is 9.84 Å². The van der Waals surface area contributed by atoms with Crippen molar-refractivity contribution >= 4 is 39.0 Å². The number of carbonyl (C=O) groups is 1. The summed E-state index contributed by atoms with van der Waals surface area (Å²) in [5.74, 6) is 0.358. The molecule has 0 aliphatic carbocycles. The molecule has 2 radical (unpaired) electrons. The molecule has 0 saturated carbocycles. The molecule has 0 bridgehead atoms. The van der Waals surface area contributed by atoms with Crippen molar-refractivity contribution < 1.29 is 27.4 Å². The Morgan fingerprint density at radius 2 is 1.79 bits per heavy atom. The van der Waals surface area contributed by atoms with Gasteiger partial charge < -0.3 is 14.2 Å². The van der Waals surface area contributed by atoms with Crippen molar-refractivity contribution in [1.82, 2.24) is 0 Å². The fourth-order valence-corrected chi connectivity index (χ4v) is 4.04. The summed E-state index contributed by atoms with van der Waals surface area (Å²) >= 11 is 11.9. The van der Waals surface area contributed by atoms with E-state index in [2.05, 4.69) is 6.92 Å². The first-order valence-electron chi connectivity index (χ1n) is 8.52. The molecule has 1 atom stereocenters. The van der Waals surface area contributed by atoms with Crippen LogP contribution in [0.25, 0.3) is 0 Å². The van der Waals surface area contributed by atoms with Gasteiger partial charge in [0.05, 0.1) is 27.3 Å². The molecule has 0 fully saturated rings. The van der Waals surface area contributed by atoms with E-state index >= 15 is 0 Å². The number of halogens is 2. The predicted molar refractivity (Wildman–Crippen MR) is 110 cm³/mol. The molecule has 0 heterocycles. The van der Waals surface area contributed by atoms with Gasteiger partial charge in [0, 0.05) is 6.92 Å². The maximum Gasteiger partial charge on any atom is 0.303 e. The summed E-state index contributed by atoms with van der Waals surface area (Å²) in [5.41, 5.74) is 0. The smallest absolute Gasteiger partial charge is 0.303 e. The third kappa shape index (κ3) is 6.52. The van der Waals surface area contributed by atoms with E-state index in [9.17, 15) is 13.2 Å². The van der Waals surface area contributed by atoms with Crippen LogP contribution in [0.4, 0.5) is 0 Å². The first kappa shape index (κ1) is 23.3. The summed E-state index contributed by atoms with van der Waals surface area (Å²) in [7, 11) is -3.77. The lowest BCUT2D eigenvalue weighted by Gasteiger charge is -2.16. The summed E-state index contributed by atoms with van der Waals surface area (Å²) in [6, 6.07) is 10.2. The second-order valence-corrected chi connectivity index (χ2v) is 8.53. The van der Waals surface area contributed by atoms with Crippen molar-refractivity contribution in [3.8, 4) is 11.5 Å². The van der Waals surface area contributed by atoms with Gasteiger partial charge in [-0.3, -0.25) is 4.79 Å². The van der Waals surface area contributed by atoms with Crippen LogP contribution in [0, 0.1) is 13.3 Å². The Kier molecular flexibility index (Phi) is 8.61. The SMILES string of the molecule is [CH2][CH]COc1ccc(S(=O)(=O)c2ccc(OC[C@H](CCl)OC(C)=O)c(Cl)c2)cc1. The number of carbonyl (C=O) groups excluding carboxylic acids is 1. The van der Waals surface area contributed by atoms with Crippen molar-refractivity contribution in [1.29, 1.82) is 0 Å². The molecule has 0 amide bonds. The number of sulfone groups is 1. The van der Waals surface area contributed by atoms with Gasteiger partial charge in [0.25, 0.3) is 0 Å². The standard InChI is InChI=1S/C20H20Cl2O6S/c1-3-10-26-15-4-6-17(7-5-15)29(24,25)18-8-9-20(19(22)11-18)27-13-16(12-21)28-14(2)23/h3-9,11,16H,1,10,12-13H2,2H3/t16-/m0/s1. The average Bonchev–Trinajstić information content (AvgIpc) is 2.70. The van der Waals surface area contributed by atoms with E-state index in [0.717, 1.165) is 0 Å². The van der Waals surface area contributed by atoms with Crippen LogP contribution in [0.5, 0.6) is 11.5 Å². The molecule has 0 spiro atoms. The number of ether oxygens (including phenoxy) is 3. The van der Waals surface area contributed by atoms with Gasteiger partial charge in [0.1, 0.15) is 24.2 Å². The Hall–Kier alpha value is -1.96. The molecule has 9 heteroatoms. The first-order valence-corrected chi connectivity index (χ1v) is 10.9. The lowest BCUT2D eigenvalue weighted by molar-refractivity contribution is -0.146. The third-order valence-electron chi connectivity index (χ3n) is 3.64. The van der Waals surface area contributed by atoms with Gasteiger partial charge in [-0.1, -0.05) is 11.6 Å². The Bertz CT molecular complexity index is 928. The van der Waals surface area contributed by atoms with E-state index in [1.54, 1.807) is 18.6 Å². The van der Waals surface area contributed by atoms with Gasteiger partial charge in [0.15, 0.2) is 0 Å². The van der Waals surface area contributed by atoms with Gasteiger partial charge in [-0.2, -0.15) is 0 Å². The summed E-state index contributed by atoms with van der Waals surface area (Å²) in [6.07, 6.45) is 0.952. The Morgan fingerprint density at radius 1 is 1.14 bits per heavy atom. The van der Waals surface area contributed by atoms with Crippen LogP contribution >= 0.6 is 23.2 Å². The first-order chi connectivity index (χ1) is 13.8. The zero-order chi connectivity index (χ0) is 21.4. The maximum atomic E-state index is 12.8. The summed E-state index contributed by atoms with van der Waals surface area (Å²) in [6.45, 7) is 5.14. The Labute approximate surface area is 180 Å². The third-order valence-corrected chi connectivity index (χ3v) is 6.05. The number of esters is 1. The minimum atomic E-state index is -3.77. The molecule has 0 aliphatic heterocycles. The highest BCUT2D eigenvalue weighted by atomic mass is 35.5. The molecule has 0 N–H and O–H groups in total. The zero-order valence-electron chi connectivity index (χ0n) is 15.6. The topological polar surface area (TPSA) is 78.9 Å². The largest absolute Gasteiger partial charge is 0.493 e. The van der Waals surface area contributed by atoms with E-state index in [-0.39, 0.29) is 33.0 Å². The van der Waals surface area contributed by atoms with Gasteiger partial charge in [-0.15, -0.1) is 11.6 Å². The fraction of sp³-hybridized carbons (Fsp3) is 0.250. The molecule has 156 valence electrons. The quantitative estimate of drug-likeness (QED) is 0.393. The van der Waals surface area contributed by atoms with E-state index in [0.29, 0.717) is 12.4 Å². The van der Waals surface area contributed by atoms with Crippen molar-refractivity contribution in [3.05, 3.63) is 60.8 Å². The van der Waals surface area contributed by atoms with Crippen LogP contribution in [0.2, 0.25) is 5.02 Å². The fourth-order valence-electron chi connectivity index (χ4n) is 2.30. The van der Waals surface area contributed by atoms with Crippen LogP contribution in [-0.4, -0.2) is 39.6 Å². The molecular weight excluding hydrogens is 439 g/mol. The monoisotopic (exact) mass is 458 g/mol. The predicted octanol–water partition coefficient (Wildman–Crippen LogP) is 4.14. The number of rotatable bonds is 10. The van der Waals surface area contributed by atoms with Crippen molar-refractivity contribution in [2.24, 2.45) is 0 Å². The van der Waals surface area contributed by atoms with Gasteiger partial charge in [-0.05, 0) is 55.8 Å². The highest BCUT2D eigenvalue weighted by molar-refractivity contribution is 7.91. The molecule has 6 nitrogen and oxygen atoms in total. The van der Waals surface area contributed by atoms with Crippen LogP contribution in [0.15, 0.2) is 52.3 Å². The second kappa shape index (κ2) is 10.7.